The summed E-state index contributed by atoms with van der Waals surface area (Å²) in [7, 11) is 0. The van der Waals surface area contributed by atoms with Crippen molar-refractivity contribution >= 4 is 15.9 Å². The lowest BCUT2D eigenvalue weighted by Crippen LogP contribution is -2.19. The number of halogens is 4. The number of pyridine rings is 1. The summed E-state index contributed by atoms with van der Waals surface area (Å²) in [6.45, 7) is 1.37. The van der Waals surface area contributed by atoms with E-state index in [9.17, 15) is 18.3 Å². The van der Waals surface area contributed by atoms with Crippen LogP contribution in [0.1, 0.15) is 11.3 Å². The lowest BCUT2D eigenvalue weighted by Gasteiger charge is -2.14. The van der Waals surface area contributed by atoms with Crippen LogP contribution in [-0.2, 0) is 5.33 Å². The minimum absolute atomic E-state index is 0.0276. The third-order valence-electron chi connectivity index (χ3n) is 1.64. The minimum atomic E-state index is -4.79. The number of nitrogens with zero attached hydrogens (tertiary/aromatic N) is 1. The molecule has 0 spiro atoms. The number of ether oxygens (including phenoxy) is 1. The van der Waals surface area contributed by atoms with Crippen LogP contribution >= 0.6 is 15.9 Å². The second-order valence-electron chi connectivity index (χ2n) is 2.72. The highest BCUT2D eigenvalue weighted by molar-refractivity contribution is 9.08. The van der Waals surface area contributed by atoms with Crippen molar-refractivity contribution in [2.75, 3.05) is 0 Å². The van der Waals surface area contributed by atoms with Gasteiger partial charge in [0.25, 0.3) is 0 Å². The standard InChI is InChI=1S/C8H7BrF3NO2/c1-4-7(15-8(10,11)12)5(2-9)6(14)3-13-4/h3,14H,2H2,1H3. The van der Waals surface area contributed by atoms with Crippen molar-refractivity contribution in [1.82, 2.24) is 4.98 Å². The number of aromatic hydroxyl groups is 1. The maximum Gasteiger partial charge on any atom is 0.573 e. The van der Waals surface area contributed by atoms with Crippen molar-refractivity contribution in [2.45, 2.75) is 18.6 Å². The largest absolute Gasteiger partial charge is 0.573 e. The molecule has 0 bridgehead atoms. The van der Waals surface area contributed by atoms with E-state index in [1.54, 1.807) is 0 Å². The number of aryl methyl sites for hydroxylation is 1. The van der Waals surface area contributed by atoms with Crippen LogP contribution in [0.4, 0.5) is 13.2 Å². The summed E-state index contributed by atoms with van der Waals surface area (Å²) >= 11 is 2.97. The van der Waals surface area contributed by atoms with Crippen LogP contribution in [0.15, 0.2) is 6.20 Å². The Morgan fingerprint density at radius 2 is 2.13 bits per heavy atom. The third kappa shape index (κ3) is 2.98. The zero-order valence-electron chi connectivity index (χ0n) is 7.60. The van der Waals surface area contributed by atoms with Crippen molar-refractivity contribution in [3.05, 3.63) is 17.5 Å². The van der Waals surface area contributed by atoms with E-state index in [4.69, 9.17) is 0 Å². The van der Waals surface area contributed by atoms with E-state index >= 15 is 0 Å². The van der Waals surface area contributed by atoms with Gasteiger partial charge in [0.05, 0.1) is 17.5 Å². The molecular formula is C8H7BrF3NO2. The number of hydrogen-bond donors (Lipinski definition) is 1. The van der Waals surface area contributed by atoms with E-state index in [0.717, 1.165) is 6.20 Å². The molecule has 1 aromatic rings. The number of aromatic nitrogens is 1. The molecule has 0 aromatic carbocycles. The molecule has 0 unspecified atom stereocenters. The molecule has 0 amide bonds. The van der Waals surface area contributed by atoms with Gasteiger partial charge in [-0.3, -0.25) is 4.98 Å². The van der Waals surface area contributed by atoms with Gasteiger partial charge in [0.2, 0.25) is 0 Å². The monoisotopic (exact) mass is 285 g/mol. The molecule has 0 fully saturated rings. The van der Waals surface area contributed by atoms with E-state index in [0.29, 0.717) is 0 Å². The fraction of sp³-hybridized carbons (Fsp3) is 0.375. The molecule has 1 rings (SSSR count). The summed E-state index contributed by atoms with van der Waals surface area (Å²) in [5.41, 5.74) is 0.0967. The molecule has 0 aliphatic rings. The molecule has 7 heteroatoms. The average Bonchev–Trinajstić information content (AvgIpc) is 2.10. The molecule has 3 nitrogen and oxygen atoms in total. The van der Waals surface area contributed by atoms with Crippen LogP contribution in [0, 0.1) is 6.92 Å². The molecule has 1 aromatic heterocycles. The van der Waals surface area contributed by atoms with Crippen molar-refractivity contribution < 1.29 is 23.0 Å². The van der Waals surface area contributed by atoms with Crippen LogP contribution in [0.2, 0.25) is 0 Å². The van der Waals surface area contributed by atoms with Crippen LogP contribution in [0.3, 0.4) is 0 Å². The lowest BCUT2D eigenvalue weighted by molar-refractivity contribution is -0.275. The van der Waals surface area contributed by atoms with Gasteiger partial charge in [0.15, 0.2) is 5.75 Å². The van der Waals surface area contributed by atoms with Gasteiger partial charge >= 0.3 is 6.36 Å². The van der Waals surface area contributed by atoms with Gasteiger partial charge in [-0.2, -0.15) is 0 Å². The Morgan fingerprint density at radius 1 is 1.53 bits per heavy atom. The fourth-order valence-corrected chi connectivity index (χ4v) is 1.55. The van der Waals surface area contributed by atoms with Crippen molar-refractivity contribution in [2.24, 2.45) is 0 Å². The Bertz CT molecular complexity index is 368. The first-order chi connectivity index (χ1) is 6.85. The molecular weight excluding hydrogens is 279 g/mol. The number of hydrogen-bond acceptors (Lipinski definition) is 3. The fourth-order valence-electron chi connectivity index (χ4n) is 1.01. The van der Waals surface area contributed by atoms with Gasteiger partial charge in [-0.05, 0) is 6.92 Å². The van der Waals surface area contributed by atoms with Crippen LogP contribution in [0.5, 0.6) is 11.5 Å². The number of alkyl halides is 4. The van der Waals surface area contributed by atoms with Crippen LogP contribution in [-0.4, -0.2) is 16.5 Å². The molecule has 1 N–H and O–H groups in total. The Morgan fingerprint density at radius 3 is 2.60 bits per heavy atom. The van der Waals surface area contributed by atoms with E-state index < -0.39 is 12.1 Å². The van der Waals surface area contributed by atoms with Gasteiger partial charge in [-0.1, -0.05) is 15.9 Å². The predicted octanol–water partition coefficient (Wildman–Crippen LogP) is 2.89. The van der Waals surface area contributed by atoms with E-state index in [-0.39, 0.29) is 22.3 Å². The van der Waals surface area contributed by atoms with Gasteiger partial charge < -0.3 is 9.84 Å². The smallest absolute Gasteiger partial charge is 0.506 e. The topological polar surface area (TPSA) is 42.4 Å². The molecule has 84 valence electrons. The average molecular weight is 286 g/mol. The normalized spacial score (nSPS) is 11.5. The summed E-state index contributed by atoms with van der Waals surface area (Å²) in [5, 5.41) is 9.32. The zero-order valence-corrected chi connectivity index (χ0v) is 9.18. The highest BCUT2D eigenvalue weighted by Crippen LogP contribution is 2.34. The number of rotatable bonds is 2. The van der Waals surface area contributed by atoms with Gasteiger partial charge in [0.1, 0.15) is 5.75 Å². The van der Waals surface area contributed by atoms with E-state index in [2.05, 4.69) is 25.7 Å². The first kappa shape index (κ1) is 12.1. The first-order valence-corrected chi connectivity index (χ1v) is 4.96. The van der Waals surface area contributed by atoms with E-state index in [1.807, 2.05) is 0 Å². The first-order valence-electron chi connectivity index (χ1n) is 3.84. The van der Waals surface area contributed by atoms with Gasteiger partial charge in [-0.25, -0.2) is 0 Å². The Labute approximate surface area is 92.0 Å². The summed E-state index contributed by atoms with van der Waals surface area (Å²) in [5.74, 6) is -0.795. The maximum absolute atomic E-state index is 12.0. The summed E-state index contributed by atoms with van der Waals surface area (Å²) in [6.07, 6.45) is -3.72. The van der Waals surface area contributed by atoms with Crippen LogP contribution in [0.25, 0.3) is 0 Å². The van der Waals surface area contributed by atoms with Crippen molar-refractivity contribution in [3.8, 4) is 11.5 Å². The van der Waals surface area contributed by atoms with Crippen molar-refractivity contribution in [1.29, 1.82) is 0 Å². The van der Waals surface area contributed by atoms with Gasteiger partial charge in [0, 0.05) is 5.33 Å². The molecule has 0 radical (unpaired) electrons. The molecule has 1 heterocycles. The van der Waals surface area contributed by atoms with Crippen molar-refractivity contribution in [3.63, 3.8) is 0 Å². The highest BCUT2D eigenvalue weighted by Gasteiger charge is 2.33. The minimum Gasteiger partial charge on any atom is -0.506 e. The van der Waals surface area contributed by atoms with E-state index in [1.165, 1.54) is 6.92 Å². The Kier molecular flexibility index (Phi) is 3.43. The SMILES string of the molecule is Cc1ncc(O)c(CBr)c1OC(F)(F)F. The molecule has 0 aliphatic heterocycles. The molecule has 15 heavy (non-hydrogen) atoms. The molecule has 0 saturated heterocycles. The quantitative estimate of drug-likeness (QED) is 0.850. The summed E-state index contributed by atoms with van der Waals surface area (Å²) in [6, 6.07) is 0. The highest BCUT2D eigenvalue weighted by atomic mass is 79.9. The Hall–Kier alpha value is -0.980. The molecule has 0 aliphatic carbocycles. The third-order valence-corrected chi connectivity index (χ3v) is 2.20. The second-order valence-corrected chi connectivity index (χ2v) is 3.28. The molecule has 0 atom stereocenters. The summed E-state index contributed by atoms with van der Waals surface area (Å²) < 4.78 is 39.9. The second kappa shape index (κ2) is 4.26. The maximum atomic E-state index is 12.0. The zero-order chi connectivity index (χ0) is 11.6. The lowest BCUT2D eigenvalue weighted by atomic mass is 10.2. The predicted molar refractivity (Wildman–Crippen MR) is 50.0 cm³/mol. The van der Waals surface area contributed by atoms with Gasteiger partial charge in [-0.15, -0.1) is 13.2 Å². The molecule has 0 saturated carbocycles. The Balaban J connectivity index is 3.20. The van der Waals surface area contributed by atoms with Crippen LogP contribution < -0.4 is 4.74 Å². The summed E-state index contributed by atoms with van der Waals surface area (Å²) in [4.78, 5) is 3.58.